The van der Waals surface area contributed by atoms with E-state index in [9.17, 15) is 26.4 Å². The predicted octanol–water partition coefficient (Wildman–Crippen LogP) is 3.80. The summed E-state index contributed by atoms with van der Waals surface area (Å²) in [5.74, 6) is -0.561. The minimum Gasteiger partial charge on any atom is -0.324 e. The molecule has 1 amide bonds. The van der Waals surface area contributed by atoms with Gasteiger partial charge in [0.1, 0.15) is 11.9 Å². The second-order valence-electron chi connectivity index (χ2n) is 7.29. The minimum absolute atomic E-state index is 0.0174. The largest absolute Gasteiger partial charge is 0.416 e. The molecule has 3 rings (SSSR count). The van der Waals surface area contributed by atoms with Crippen molar-refractivity contribution in [2.24, 2.45) is 10.9 Å². The molecular weight excluding hydrogens is 419 g/mol. The third-order valence-electron chi connectivity index (χ3n) is 4.40. The number of nitrogens with zero attached hydrogens (tertiary/aromatic N) is 1. The van der Waals surface area contributed by atoms with Crippen LogP contribution < -0.4 is 10.0 Å². The molecule has 1 aliphatic heterocycles. The fourth-order valence-corrected chi connectivity index (χ4v) is 4.29. The van der Waals surface area contributed by atoms with Crippen molar-refractivity contribution in [1.29, 1.82) is 0 Å². The lowest BCUT2D eigenvalue weighted by atomic mass is 10.0. The molecule has 10 heteroatoms. The Labute approximate surface area is 172 Å². The smallest absolute Gasteiger partial charge is 0.324 e. The number of amidine groups is 1. The van der Waals surface area contributed by atoms with E-state index in [-0.39, 0.29) is 28.8 Å². The number of fused-ring (bicyclic) bond motifs is 1. The highest BCUT2D eigenvalue weighted by atomic mass is 32.2. The van der Waals surface area contributed by atoms with Crippen LogP contribution in [0, 0.1) is 5.92 Å². The minimum atomic E-state index is -4.54. The number of anilines is 1. The molecule has 1 atom stereocenters. The molecule has 160 valence electrons. The highest BCUT2D eigenvalue weighted by Crippen LogP contribution is 2.31. The third-order valence-corrected chi connectivity index (χ3v) is 5.80. The van der Waals surface area contributed by atoms with Crippen LogP contribution in [0.25, 0.3) is 0 Å². The van der Waals surface area contributed by atoms with Crippen molar-refractivity contribution in [3.63, 3.8) is 0 Å². The number of halogens is 3. The van der Waals surface area contributed by atoms with Gasteiger partial charge in [0.2, 0.25) is 5.91 Å². The molecule has 0 aliphatic carbocycles. The number of hydrogen-bond acceptors (Lipinski definition) is 4. The highest BCUT2D eigenvalue weighted by Gasteiger charge is 2.33. The van der Waals surface area contributed by atoms with Crippen molar-refractivity contribution in [1.82, 2.24) is 4.72 Å². The number of aliphatic imine (C=N–C) groups is 1. The Balaban J connectivity index is 1.91. The van der Waals surface area contributed by atoms with E-state index >= 15 is 0 Å². The van der Waals surface area contributed by atoms with Crippen molar-refractivity contribution in [3.05, 3.63) is 59.7 Å². The van der Waals surface area contributed by atoms with Crippen molar-refractivity contribution in [2.75, 3.05) is 5.32 Å². The van der Waals surface area contributed by atoms with Gasteiger partial charge in [-0.2, -0.15) is 13.2 Å². The van der Waals surface area contributed by atoms with Gasteiger partial charge in [-0.3, -0.25) is 14.5 Å². The van der Waals surface area contributed by atoms with Crippen molar-refractivity contribution < 1.29 is 26.4 Å². The fraction of sp³-hybridized carbons (Fsp3) is 0.300. The van der Waals surface area contributed by atoms with Gasteiger partial charge < -0.3 is 5.32 Å². The van der Waals surface area contributed by atoms with Gasteiger partial charge in [-0.1, -0.05) is 32.0 Å². The van der Waals surface area contributed by atoms with Gasteiger partial charge >= 0.3 is 6.18 Å². The summed E-state index contributed by atoms with van der Waals surface area (Å²) in [5, 5.41) is 2.46. The zero-order valence-electron chi connectivity index (χ0n) is 16.2. The lowest BCUT2D eigenvalue weighted by Gasteiger charge is -2.17. The van der Waals surface area contributed by atoms with E-state index in [1.165, 1.54) is 18.2 Å². The molecule has 2 N–H and O–H groups in total. The number of benzene rings is 2. The van der Waals surface area contributed by atoms with Crippen molar-refractivity contribution in [3.8, 4) is 0 Å². The van der Waals surface area contributed by atoms with Crippen LogP contribution in [0.15, 0.2) is 58.4 Å². The molecule has 0 spiro atoms. The van der Waals surface area contributed by atoms with E-state index < -0.39 is 33.7 Å². The van der Waals surface area contributed by atoms with Crippen LogP contribution in [0.4, 0.5) is 18.9 Å². The normalized spacial score (nSPS) is 17.5. The van der Waals surface area contributed by atoms with Crippen LogP contribution in [0.5, 0.6) is 0 Å². The lowest BCUT2D eigenvalue weighted by molar-refractivity contribution is -0.137. The zero-order valence-corrected chi connectivity index (χ0v) is 17.0. The Morgan fingerprint density at radius 2 is 1.83 bits per heavy atom. The fourth-order valence-electron chi connectivity index (χ4n) is 3.05. The number of carbonyl (C=O) groups excluding carboxylic acids is 1. The highest BCUT2D eigenvalue weighted by molar-refractivity contribution is 7.90. The molecule has 0 radical (unpaired) electrons. The Hall–Kier alpha value is -2.88. The second kappa shape index (κ2) is 8.10. The maximum Gasteiger partial charge on any atom is 0.416 e. The SMILES string of the molecule is CC(C)CC(N=C1NS(=O)(=O)c2ccccc21)C(=O)Nc1cccc(C(F)(F)F)c1. The molecule has 0 aromatic heterocycles. The quantitative estimate of drug-likeness (QED) is 0.743. The first-order valence-electron chi connectivity index (χ1n) is 9.15. The number of alkyl halides is 3. The van der Waals surface area contributed by atoms with Crippen LogP contribution in [0.1, 0.15) is 31.4 Å². The van der Waals surface area contributed by atoms with Gasteiger partial charge in [0.05, 0.1) is 10.5 Å². The van der Waals surface area contributed by atoms with E-state index in [4.69, 9.17) is 0 Å². The number of carbonyl (C=O) groups is 1. The summed E-state index contributed by atoms with van der Waals surface area (Å²) in [7, 11) is -3.77. The maximum atomic E-state index is 12.9. The average Bonchev–Trinajstić information content (AvgIpc) is 2.91. The Bertz CT molecular complexity index is 1100. The van der Waals surface area contributed by atoms with Crippen LogP contribution in [-0.4, -0.2) is 26.2 Å². The average molecular weight is 439 g/mol. The molecule has 0 saturated heterocycles. The van der Waals surface area contributed by atoms with Crippen LogP contribution in [0.2, 0.25) is 0 Å². The molecule has 1 heterocycles. The molecule has 0 bridgehead atoms. The van der Waals surface area contributed by atoms with Gasteiger partial charge in [0.25, 0.3) is 10.0 Å². The molecule has 0 fully saturated rings. The van der Waals surface area contributed by atoms with Gasteiger partial charge in [0.15, 0.2) is 0 Å². The lowest BCUT2D eigenvalue weighted by Crippen LogP contribution is -2.31. The molecule has 30 heavy (non-hydrogen) atoms. The number of rotatable bonds is 5. The summed E-state index contributed by atoms with van der Waals surface area (Å²) < 4.78 is 65.6. The number of sulfonamides is 1. The summed E-state index contributed by atoms with van der Waals surface area (Å²) in [6.07, 6.45) is -4.26. The standard InChI is InChI=1S/C20H20F3N3O3S/c1-12(2)10-16(19(27)24-14-7-5-6-13(11-14)20(21,22)23)25-18-15-8-3-4-9-17(15)30(28,29)26-18/h3-9,11-12,16H,10H2,1-2H3,(H,24,27)(H,25,26). The summed E-state index contributed by atoms with van der Waals surface area (Å²) in [6, 6.07) is 9.52. The summed E-state index contributed by atoms with van der Waals surface area (Å²) >= 11 is 0. The van der Waals surface area contributed by atoms with E-state index in [1.54, 1.807) is 18.2 Å². The molecule has 2 aromatic rings. The van der Waals surface area contributed by atoms with Gasteiger partial charge in [-0.05, 0) is 42.7 Å². The van der Waals surface area contributed by atoms with E-state index in [2.05, 4.69) is 15.0 Å². The monoisotopic (exact) mass is 439 g/mol. The third kappa shape index (κ3) is 4.81. The van der Waals surface area contributed by atoms with Crippen LogP contribution >= 0.6 is 0 Å². The van der Waals surface area contributed by atoms with E-state index in [1.807, 2.05) is 13.8 Å². The van der Waals surface area contributed by atoms with Crippen LogP contribution in [0.3, 0.4) is 0 Å². The topological polar surface area (TPSA) is 87.6 Å². The Morgan fingerprint density at radius 3 is 2.50 bits per heavy atom. The summed E-state index contributed by atoms with van der Waals surface area (Å²) in [6.45, 7) is 3.72. The molecule has 1 aliphatic rings. The van der Waals surface area contributed by atoms with Crippen LogP contribution in [-0.2, 0) is 21.0 Å². The second-order valence-corrected chi connectivity index (χ2v) is 8.94. The number of nitrogens with one attached hydrogen (secondary N) is 2. The molecule has 1 unspecified atom stereocenters. The van der Waals surface area contributed by atoms with Crippen molar-refractivity contribution >= 4 is 27.5 Å². The molecular formula is C20H20F3N3O3S. The number of amides is 1. The Kier molecular flexibility index (Phi) is 5.89. The van der Waals surface area contributed by atoms with Gasteiger partial charge in [0, 0.05) is 11.3 Å². The zero-order chi connectivity index (χ0) is 22.1. The number of hydrogen-bond donors (Lipinski definition) is 2. The Morgan fingerprint density at radius 1 is 1.13 bits per heavy atom. The first-order chi connectivity index (χ1) is 14.0. The molecule has 2 aromatic carbocycles. The van der Waals surface area contributed by atoms with E-state index in [0.717, 1.165) is 12.1 Å². The molecule has 0 saturated carbocycles. The molecule has 6 nitrogen and oxygen atoms in total. The maximum absolute atomic E-state index is 12.9. The predicted molar refractivity (Wildman–Crippen MR) is 107 cm³/mol. The van der Waals surface area contributed by atoms with E-state index in [0.29, 0.717) is 5.56 Å². The first kappa shape index (κ1) is 21.8. The van der Waals surface area contributed by atoms with Crippen molar-refractivity contribution in [2.45, 2.75) is 37.4 Å². The summed E-state index contributed by atoms with van der Waals surface area (Å²) in [4.78, 5) is 17.2. The summed E-state index contributed by atoms with van der Waals surface area (Å²) in [5.41, 5.74) is -0.557. The van der Waals surface area contributed by atoms with Gasteiger partial charge in [-0.25, -0.2) is 8.42 Å². The first-order valence-corrected chi connectivity index (χ1v) is 10.6. The van der Waals surface area contributed by atoms with Gasteiger partial charge in [-0.15, -0.1) is 0 Å².